The largest absolute Gasteiger partial charge is 0.480 e. The highest BCUT2D eigenvalue weighted by Gasteiger charge is 2.28. The van der Waals surface area contributed by atoms with Gasteiger partial charge in [-0.25, -0.2) is 4.79 Å². The number of amides is 2. The number of carboxylic acid groups (broad SMARTS) is 1. The zero-order valence-electron chi connectivity index (χ0n) is 13.3. The summed E-state index contributed by atoms with van der Waals surface area (Å²) in [6.45, 7) is 4.77. The third-order valence-electron chi connectivity index (χ3n) is 3.24. The average molecular weight is 317 g/mol. The summed E-state index contributed by atoms with van der Waals surface area (Å²) >= 11 is 0. The summed E-state index contributed by atoms with van der Waals surface area (Å²) in [5, 5.41) is 22.9. The smallest absolute Gasteiger partial charge is 0.326 e. The second-order valence-corrected chi connectivity index (χ2v) is 5.56. The Morgan fingerprint density at radius 3 is 2.14 bits per heavy atom. The molecule has 6 N–H and O–H groups in total. The van der Waals surface area contributed by atoms with Crippen LogP contribution >= 0.6 is 0 Å². The van der Waals surface area contributed by atoms with Crippen LogP contribution in [0, 0.1) is 5.92 Å². The number of carbonyl (C=O) groups is 3. The van der Waals surface area contributed by atoms with Gasteiger partial charge in [0.2, 0.25) is 11.8 Å². The summed E-state index contributed by atoms with van der Waals surface area (Å²) < 4.78 is 0. The van der Waals surface area contributed by atoms with Gasteiger partial charge >= 0.3 is 5.97 Å². The average Bonchev–Trinajstić information content (AvgIpc) is 2.46. The first kappa shape index (κ1) is 20.3. The van der Waals surface area contributed by atoms with Gasteiger partial charge in [-0.15, -0.1) is 0 Å². The lowest BCUT2D eigenvalue weighted by Gasteiger charge is -2.24. The second kappa shape index (κ2) is 10.1. The molecule has 3 atom stereocenters. The van der Waals surface area contributed by atoms with Crippen LogP contribution in [0.25, 0.3) is 0 Å². The van der Waals surface area contributed by atoms with Crippen molar-refractivity contribution in [2.24, 2.45) is 11.7 Å². The highest BCUT2D eigenvalue weighted by molar-refractivity contribution is 5.91. The minimum absolute atomic E-state index is 0.288. The fraction of sp³-hybridized carbons (Fsp3) is 0.786. The molecule has 0 aliphatic rings. The Morgan fingerprint density at radius 2 is 1.73 bits per heavy atom. The molecule has 2 amide bonds. The van der Waals surface area contributed by atoms with Crippen LogP contribution in [0.5, 0.6) is 0 Å². The topological polar surface area (TPSA) is 142 Å². The molecule has 8 nitrogen and oxygen atoms in total. The Bertz CT molecular complexity index is 387. The van der Waals surface area contributed by atoms with Gasteiger partial charge in [-0.2, -0.15) is 0 Å². The van der Waals surface area contributed by atoms with Crippen LogP contribution < -0.4 is 16.4 Å². The van der Waals surface area contributed by atoms with Crippen LogP contribution in [-0.2, 0) is 14.4 Å². The molecule has 0 fully saturated rings. The number of unbranched alkanes of at least 4 members (excludes halogenated alkanes) is 1. The van der Waals surface area contributed by atoms with E-state index in [9.17, 15) is 14.4 Å². The molecule has 0 saturated heterocycles. The van der Waals surface area contributed by atoms with Gasteiger partial charge in [0, 0.05) is 0 Å². The molecule has 0 aromatic carbocycles. The predicted octanol–water partition coefficient (Wildman–Crippen LogP) is -0.794. The van der Waals surface area contributed by atoms with Gasteiger partial charge in [-0.05, 0) is 12.3 Å². The Balaban J connectivity index is 4.89. The van der Waals surface area contributed by atoms with Gasteiger partial charge in [-0.1, -0.05) is 33.6 Å². The molecule has 0 aromatic rings. The Kier molecular flexibility index (Phi) is 9.35. The number of aliphatic carboxylic acids is 1. The van der Waals surface area contributed by atoms with Crippen molar-refractivity contribution in [3.63, 3.8) is 0 Å². The molecule has 0 rings (SSSR count). The van der Waals surface area contributed by atoms with E-state index in [2.05, 4.69) is 10.6 Å². The fourth-order valence-electron chi connectivity index (χ4n) is 1.81. The third kappa shape index (κ3) is 6.86. The highest BCUT2D eigenvalue weighted by Crippen LogP contribution is 2.06. The van der Waals surface area contributed by atoms with Gasteiger partial charge in [0.25, 0.3) is 0 Å². The standard InChI is InChI=1S/C14H27N3O5/c1-4-5-6-10(16-12(19)9(15)7-18)13(20)17-11(8(2)3)14(21)22/h8-11,18H,4-7,15H2,1-3H3,(H,16,19)(H,17,20)(H,21,22)/t9-,10-,11-/m0/s1. The Hall–Kier alpha value is -1.67. The van der Waals surface area contributed by atoms with Crippen molar-refractivity contribution in [3.05, 3.63) is 0 Å². The zero-order valence-corrected chi connectivity index (χ0v) is 13.3. The monoisotopic (exact) mass is 317 g/mol. The van der Waals surface area contributed by atoms with Crippen LogP contribution in [0.3, 0.4) is 0 Å². The quantitative estimate of drug-likeness (QED) is 0.357. The molecule has 0 radical (unpaired) electrons. The number of hydrogen-bond acceptors (Lipinski definition) is 5. The predicted molar refractivity (Wildman–Crippen MR) is 80.9 cm³/mol. The zero-order chi connectivity index (χ0) is 17.3. The van der Waals surface area contributed by atoms with E-state index in [0.717, 1.165) is 6.42 Å². The van der Waals surface area contributed by atoms with E-state index in [1.165, 1.54) is 0 Å². The molecule has 128 valence electrons. The van der Waals surface area contributed by atoms with Crippen molar-refractivity contribution >= 4 is 17.8 Å². The Morgan fingerprint density at radius 1 is 1.14 bits per heavy atom. The van der Waals surface area contributed by atoms with Crippen LogP contribution in [-0.4, -0.2) is 52.7 Å². The number of aliphatic hydroxyl groups excluding tert-OH is 1. The molecule has 0 aliphatic heterocycles. The van der Waals surface area contributed by atoms with Crippen molar-refractivity contribution in [1.29, 1.82) is 0 Å². The van der Waals surface area contributed by atoms with E-state index in [-0.39, 0.29) is 5.92 Å². The van der Waals surface area contributed by atoms with E-state index < -0.39 is 42.5 Å². The molecule has 0 unspecified atom stereocenters. The first-order chi connectivity index (χ1) is 10.2. The van der Waals surface area contributed by atoms with Crippen LogP contribution in [0.15, 0.2) is 0 Å². The fourth-order valence-corrected chi connectivity index (χ4v) is 1.81. The lowest BCUT2D eigenvalue weighted by molar-refractivity contribution is -0.143. The van der Waals surface area contributed by atoms with Gasteiger partial charge in [0.1, 0.15) is 18.1 Å². The van der Waals surface area contributed by atoms with Gasteiger partial charge in [-0.3, -0.25) is 9.59 Å². The number of rotatable bonds is 10. The molecule has 0 bridgehead atoms. The van der Waals surface area contributed by atoms with Gasteiger partial charge < -0.3 is 26.6 Å². The van der Waals surface area contributed by atoms with Gasteiger partial charge in [0.05, 0.1) is 6.61 Å². The number of hydrogen-bond donors (Lipinski definition) is 5. The minimum atomic E-state index is -1.13. The molecule has 22 heavy (non-hydrogen) atoms. The molecule has 0 saturated carbocycles. The summed E-state index contributed by atoms with van der Waals surface area (Å²) in [5.74, 6) is -2.62. The van der Waals surface area contributed by atoms with Crippen LogP contribution in [0.1, 0.15) is 40.0 Å². The minimum Gasteiger partial charge on any atom is -0.480 e. The molecule has 0 heterocycles. The van der Waals surface area contributed by atoms with Crippen LogP contribution in [0.4, 0.5) is 0 Å². The number of carboxylic acids is 1. The van der Waals surface area contributed by atoms with Crippen molar-refractivity contribution < 1.29 is 24.6 Å². The molecular weight excluding hydrogens is 290 g/mol. The lowest BCUT2D eigenvalue weighted by atomic mass is 10.0. The maximum atomic E-state index is 12.2. The molecule has 8 heteroatoms. The number of carbonyl (C=O) groups excluding carboxylic acids is 2. The molecule has 0 spiro atoms. The van der Waals surface area contributed by atoms with E-state index in [0.29, 0.717) is 12.8 Å². The SMILES string of the molecule is CCCC[C@H](NC(=O)[C@@H](N)CO)C(=O)N[C@H](C(=O)O)C(C)C. The molecular formula is C14H27N3O5. The molecule has 0 aromatic heterocycles. The third-order valence-corrected chi connectivity index (χ3v) is 3.24. The number of nitrogens with one attached hydrogen (secondary N) is 2. The summed E-state index contributed by atoms with van der Waals surface area (Å²) in [5.41, 5.74) is 5.40. The van der Waals surface area contributed by atoms with Crippen LogP contribution in [0.2, 0.25) is 0 Å². The first-order valence-corrected chi connectivity index (χ1v) is 7.44. The van der Waals surface area contributed by atoms with E-state index in [1.54, 1.807) is 13.8 Å². The summed E-state index contributed by atoms with van der Waals surface area (Å²) in [6.07, 6.45) is 1.88. The lowest BCUT2D eigenvalue weighted by Crippen LogP contribution is -2.55. The molecule has 0 aliphatic carbocycles. The maximum Gasteiger partial charge on any atom is 0.326 e. The van der Waals surface area contributed by atoms with E-state index in [4.69, 9.17) is 15.9 Å². The summed E-state index contributed by atoms with van der Waals surface area (Å²) in [7, 11) is 0. The van der Waals surface area contributed by atoms with Crippen molar-refractivity contribution in [3.8, 4) is 0 Å². The second-order valence-electron chi connectivity index (χ2n) is 5.56. The van der Waals surface area contributed by atoms with E-state index in [1.807, 2.05) is 6.92 Å². The Labute approximate surface area is 130 Å². The van der Waals surface area contributed by atoms with Crippen molar-refractivity contribution in [2.45, 2.75) is 58.2 Å². The van der Waals surface area contributed by atoms with Crippen molar-refractivity contribution in [2.75, 3.05) is 6.61 Å². The number of nitrogens with two attached hydrogens (primary N) is 1. The first-order valence-electron chi connectivity index (χ1n) is 7.44. The number of aliphatic hydroxyl groups is 1. The van der Waals surface area contributed by atoms with Crippen molar-refractivity contribution in [1.82, 2.24) is 10.6 Å². The highest BCUT2D eigenvalue weighted by atomic mass is 16.4. The summed E-state index contributed by atoms with van der Waals surface area (Å²) in [4.78, 5) is 35.1. The summed E-state index contributed by atoms with van der Waals surface area (Å²) in [6, 6.07) is -3.01. The maximum absolute atomic E-state index is 12.2. The van der Waals surface area contributed by atoms with E-state index >= 15 is 0 Å². The van der Waals surface area contributed by atoms with Gasteiger partial charge in [0.15, 0.2) is 0 Å². The normalized spacial score (nSPS) is 15.0.